The van der Waals surface area contributed by atoms with Crippen LogP contribution >= 0.6 is 0 Å². The van der Waals surface area contributed by atoms with E-state index in [2.05, 4.69) is 164 Å². The van der Waals surface area contributed by atoms with Crippen LogP contribution in [0, 0.1) is 0 Å². The van der Waals surface area contributed by atoms with Gasteiger partial charge in [-0.25, -0.2) is 8.42 Å². The zero-order valence-electron chi connectivity index (χ0n) is 24.8. The number of benzene rings is 7. The van der Waals surface area contributed by atoms with E-state index in [0.717, 1.165) is 0 Å². The van der Waals surface area contributed by atoms with Crippen molar-refractivity contribution in [1.82, 2.24) is 0 Å². The topological polar surface area (TPSA) is 57.2 Å². The second-order valence-electron chi connectivity index (χ2n) is 10.6. The molecule has 0 N–H and O–H groups in total. The van der Waals surface area contributed by atoms with Gasteiger partial charge in [0.25, 0.3) is 0 Å². The molecule has 0 spiro atoms. The maximum atomic E-state index is 10.7. The summed E-state index contributed by atoms with van der Waals surface area (Å²) in [6.07, 6.45) is 0. The molecule has 234 valence electrons. The van der Waals surface area contributed by atoms with Crippen molar-refractivity contribution in [1.29, 1.82) is 0 Å². The summed E-state index contributed by atoms with van der Waals surface area (Å²) >= 11 is 0. The molecule has 7 aromatic rings. The van der Waals surface area contributed by atoms with Crippen LogP contribution < -0.4 is 0 Å². The van der Waals surface area contributed by atoms with Crippen LogP contribution in [0.15, 0.2) is 178 Å². The van der Waals surface area contributed by atoms with E-state index in [-0.39, 0.29) is 10.9 Å². The van der Waals surface area contributed by atoms with Gasteiger partial charge in [0, 0.05) is 0 Å². The number of hydrogen-bond acceptors (Lipinski definition) is 3. The van der Waals surface area contributed by atoms with Crippen molar-refractivity contribution in [3.63, 3.8) is 0 Å². The molecule has 0 atom stereocenters. The number of fused-ring (bicyclic) bond motifs is 2. The second-order valence-corrected chi connectivity index (χ2v) is 14.0. The van der Waals surface area contributed by atoms with Gasteiger partial charge in [-0.2, -0.15) is 13.2 Å². The van der Waals surface area contributed by atoms with Crippen molar-refractivity contribution >= 4 is 42.6 Å². The van der Waals surface area contributed by atoms with Crippen LogP contribution in [-0.4, -0.2) is 18.5 Å². The quantitative estimate of drug-likeness (QED) is 0.105. The van der Waals surface area contributed by atoms with Crippen LogP contribution in [0.25, 0.3) is 43.8 Å². The van der Waals surface area contributed by atoms with Crippen LogP contribution in [-0.2, 0) is 21.0 Å². The molecule has 0 heterocycles. The van der Waals surface area contributed by atoms with Gasteiger partial charge in [0.1, 0.15) is 0 Å². The molecule has 0 fully saturated rings. The van der Waals surface area contributed by atoms with E-state index in [0.29, 0.717) is 0 Å². The minimum Gasteiger partial charge on any atom is -0.741 e. The van der Waals surface area contributed by atoms with Gasteiger partial charge < -0.3 is 4.55 Å². The maximum Gasteiger partial charge on any atom is 0.485 e. The minimum atomic E-state index is -6.09. The fourth-order valence-electron chi connectivity index (χ4n) is 5.46. The van der Waals surface area contributed by atoms with Gasteiger partial charge >= 0.3 is 5.51 Å². The number of alkyl halides is 3. The Morgan fingerprint density at radius 3 is 1.19 bits per heavy atom. The molecule has 7 aromatic carbocycles. The normalized spacial score (nSPS) is 11.8. The van der Waals surface area contributed by atoms with Crippen molar-refractivity contribution in [3.8, 4) is 22.3 Å². The Hall–Kier alpha value is -4.89. The molecule has 0 aliphatic carbocycles. The Labute approximate surface area is 274 Å². The summed E-state index contributed by atoms with van der Waals surface area (Å²) in [4.78, 5) is 3.97. The number of rotatable bonds is 5. The average Bonchev–Trinajstić information content (AvgIpc) is 3.08. The highest BCUT2D eigenvalue weighted by atomic mass is 32.2. The molecule has 0 aromatic heterocycles. The Kier molecular flexibility index (Phi) is 9.18. The molecule has 0 aliphatic rings. The van der Waals surface area contributed by atoms with Crippen molar-refractivity contribution in [2.75, 3.05) is 0 Å². The zero-order chi connectivity index (χ0) is 33.0. The first kappa shape index (κ1) is 32.1. The van der Waals surface area contributed by atoms with E-state index in [1.54, 1.807) is 0 Å². The number of halogens is 3. The predicted octanol–water partition coefficient (Wildman–Crippen LogP) is 10.5. The largest absolute Gasteiger partial charge is 0.741 e. The summed E-state index contributed by atoms with van der Waals surface area (Å²) in [5.74, 6) is 0. The smallest absolute Gasteiger partial charge is 0.485 e. The lowest BCUT2D eigenvalue weighted by molar-refractivity contribution is -0.0517. The first-order chi connectivity index (χ1) is 22.6. The summed E-state index contributed by atoms with van der Waals surface area (Å²) in [5.41, 5.74) is -0.596. The fraction of sp³-hybridized carbons (Fsp3) is 0.0256. The summed E-state index contributed by atoms with van der Waals surface area (Å²) in [7, 11) is -6.29. The summed E-state index contributed by atoms with van der Waals surface area (Å²) in [5, 5.41) is 5.13. The van der Waals surface area contributed by atoms with Gasteiger partial charge in [-0.3, -0.25) is 0 Å². The lowest BCUT2D eigenvalue weighted by Gasteiger charge is -2.11. The SMILES string of the molecule is O=S(=O)([O-])C(F)(F)F.c1ccc([S+](c2ccc(-c3cccc4ccccc34)cc2)c2ccc(-c3cccc4ccccc34)cc2)cc1. The van der Waals surface area contributed by atoms with Crippen molar-refractivity contribution < 1.29 is 26.1 Å². The first-order valence-corrected chi connectivity index (χ1v) is 17.2. The standard InChI is InChI=1S/C38H27S.CHF3O3S/c1-2-14-32(15-3-1)39(33-24-20-30(21-25-33)37-18-8-12-28-10-4-6-16-35(28)37)34-26-22-31(23-27-34)38-19-9-13-29-11-5-7-17-36(29)38;2-1(3,4)8(5,6)7/h1-27H;(H,5,6,7)/q+1;/p-1. The third-order valence-corrected chi connectivity index (χ3v) is 10.4. The van der Waals surface area contributed by atoms with Crippen LogP contribution in [0.5, 0.6) is 0 Å². The van der Waals surface area contributed by atoms with Crippen LogP contribution in [0.4, 0.5) is 13.2 Å². The van der Waals surface area contributed by atoms with Gasteiger partial charge in [-0.05, 0) is 104 Å². The maximum absolute atomic E-state index is 10.7. The minimum absolute atomic E-state index is 0.198. The molecule has 0 saturated heterocycles. The number of hydrogen-bond donors (Lipinski definition) is 0. The molecule has 0 radical (unpaired) electrons. The molecule has 0 saturated carbocycles. The third-order valence-electron chi connectivity index (χ3n) is 7.64. The molecule has 0 aliphatic heterocycles. The lowest BCUT2D eigenvalue weighted by Crippen LogP contribution is -2.21. The van der Waals surface area contributed by atoms with E-state index in [1.165, 1.54) is 58.5 Å². The monoisotopic (exact) mass is 664 g/mol. The molecule has 3 nitrogen and oxygen atoms in total. The highest BCUT2D eigenvalue weighted by molar-refractivity contribution is 7.97. The zero-order valence-corrected chi connectivity index (χ0v) is 26.4. The fourth-order valence-corrected chi connectivity index (χ4v) is 7.52. The Balaban J connectivity index is 0.000000431. The van der Waals surface area contributed by atoms with Gasteiger partial charge in [0.2, 0.25) is 0 Å². The molecular formula is C39H27F3O3S2. The van der Waals surface area contributed by atoms with Crippen molar-refractivity contribution in [2.24, 2.45) is 0 Å². The van der Waals surface area contributed by atoms with E-state index >= 15 is 0 Å². The van der Waals surface area contributed by atoms with E-state index in [1.807, 2.05) is 0 Å². The summed E-state index contributed by atoms with van der Waals surface area (Å²) in [6.45, 7) is 0. The van der Waals surface area contributed by atoms with Crippen molar-refractivity contribution in [2.45, 2.75) is 20.2 Å². The highest BCUT2D eigenvalue weighted by Crippen LogP contribution is 2.36. The molecule has 0 unspecified atom stereocenters. The second kappa shape index (κ2) is 13.5. The molecule has 0 bridgehead atoms. The molecule has 0 amide bonds. The first-order valence-electron chi connectivity index (χ1n) is 14.6. The van der Waals surface area contributed by atoms with Gasteiger partial charge in [-0.15, -0.1) is 0 Å². The Bertz CT molecular complexity index is 2120. The van der Waals surface area contributed by atoms with Gasteiger partial charge in [0.15, 0.2) is 24.8 Å². The van der Waals surface area contributed by atoms with Crippen LogP contribution in [0.1, 0.15) is 0 Å². The molecule has 7 rings (SSSR count). The summed E-state index contributed by atoms with van der Waals surface area (Å²) < 4.78 is 58.9. The lowest BCUT2D eigenvalue weighted by atomic mass is 9.98. The molecular weight excluding hydrogens is 638 g/mol. The van der Waals surface area contributed by atoms with E-state index in [9.17, 15) is 13.2 Å². The highest BCUT2D eigenvalue weighted by Gasteiger charge is 2.37. The van der Waals surface area contributed by atoms with Crippen LogP contribution in [0.3, 0.4) is 0 Å². The van der Waals surface area contributed by atoms with E-state index < -0.39 is 15.6 Å². The predicted molar refractivity (Wildman–Crippen MR) is 183 cm³/mol. The summed E-state index contributed by atoms with van der Waals surface area (Å²) in [6, 6.07) is 59.6. The van der Waals surface area contributed by atoms with Crippen LogP contribution in [0.2, 0.25) is 0 Å². The van der Waals surface area contributed by atoms with Gasteiger partial charge in [0.05, 0.1) is 10.9 Å². The average molecular weight is 665 g/mol. The molecule has 47 heavy (non-hydrogen) atoms. The Morgan fingerprint density at radius 1 is 0.447 bits per heavy atom. The van der Waals surface area contributed by atoms with Gasteiger partial charge in [-0.1, -0.05) is 103 Å². The van der Waals surface area contributed by atoms with Crippen molar-refractivity contribution in [3.05, 3.63) is 164 Å². The van der Waals surface area contributed by atoms with E-state index in [4.69, 9.17) is 13.0 Å². The molecule has 8 heteroatoms. The Morgan fingerprint density at radius 2 is 0.787 bits per heavy atom. The third kappa shape index (κ3) is 7.10.